The second-order valence-corrected chi connectivity index (χ2v) is 5.51. The van der Waals surface area contributed by atoms with E-state index >= 15 is 0 Å². The van der Waals surface area contributed by atoms with Crippen LogP contribution in [0.25, 0.3) is 0 Å². The minimum atomic E-state index is 0.415. The maximum atomic E-state index is 5.99. The number of rotatable bonds is 6. The molecular formula is C19H21N3O3. The van der Waals surface area contributed by atoms with Gasteiger partial charge in [-0.25, -0.2) is 5.48 Å². The summed E-state index contributed by atoms with van der Waals surface area (Å²) in [5.41, 5.74) is 6.36. The molecule has 1 aliphatic heterocycles. The van der Waals surface area contributed by atoms with E-state index in [1.54, 1.807) is 0 Å². The van der Waals surface area contributed by atoms with Gasteiger partial charge in [-0.1, -0.05) is 47.6 Å². The molecule has 0 unspecified atom stereocenters. The maximum Gasteiger partial charge on any atom is 0.175 e. The van der Waals surface area contributed by atoms with Crippen molar-refractivity contribution < 1.29 is 14.4 Å². The number of nitrogens with zero attached hydrogens (tertiary/aromatic N) is 2. The molecule has 2 aromatic rings. The lowest BCUT2D eigenvalue weighted by Gasteiger charge is -2.18. The average Bonchev–Trinajstić information content (AvgIpc) is 2.66. The third kappa shape index (κ3) is 4.16. The Morgan fingerprint density at radius 1 is 1.20 bits per heavy atom. The van der Waals surface area contributed by atoms with Crippen LogP contribution in [0.2, 0.25) is 0 Å². The maximum absolute atomic E-state index is 5.99. The third-order valence-corrected chi connectivity index (χ3v) is 3.79. The van der Waals surface area contributed by atoms with Crippen molar-refractivity contribution in [3.8, 4) is 5.75 Å². The molecule has 0 saturated heterocycles. The van der Waals surface area contributed by atoms with Gasteiger partial charge in [-0.2, -0.15) is 0 Å². The second kappa shape index (κ2) is 8.30. The molecule has 130 valence electrons. The number of hydroxylamine groups is 1. The van der Waals surface area contributed by atoms with Crippen LogP contribution in [-0.2, 0) is 16.3 Å². The van der Waals surface area contributed by atoms with Crippen LogP contribution in [0.5, 0.6) is 5.75 Å². The van der Waals surface area contributed by atoms with Gasteiger partial charge in [0.05, 0.1) is 13.2 Å². The Hall–Kier alpha value is -2.86. The van der Waals surface area contributed by atoms with Gasteiger partial charge in [-0.05, 0) is 24.1 Å². The van der Waals surface area contributed by atoms with Crippen LogP contribution in [0.4, 0.5) is 0 Å². The average molecular weight is 339 g/mol. The lowest BCUT2D eigenvalue weighted by molar-refractivity contribution is 0.0836. The molecule has 0 saturated carbocycles. The van der Waals surface area contributed by atoms with Crippen LogP contribution in [0.1, 0.15) is 16.7 Å². The topological polar surface area (TPSA) is 64.4 Å². The van der Waals surface area contributed by atoms with Gasteiger partial charge < -0.3 is 9.57 Å². The zero-order valence-corrected chi connectivity index (χ0v) is 14.4. The van der Waals surface area contributed by atoms with E-state index in [1.807, 2.05) is 55.5 Å². The molecule has 1 N–H and O–H groups in total. The van der Waals surface area contributed by atoms with Gasteiger partial charge in [-0.3, -0.25) is 9.83 Å². The molecule has 25 heavy (non-hydrogen) atoms. The monoisotopic (exact) mass is 339 g/mol. The van der Waals surface area contributed by atoms with Crippen molar-refractivity contribution in [3.63, 3.8) is 0 Å². The van der Waals surface area contributed by atoms with E-state index in [9.17, 15) is 0 Å². The van der Waals surface area contributed by atoms with E-state index in [-0.39, 0.29) is 0 Å². The number of aliphatic imine (C=N–C) groups is 1. The van der Waals surface area contributed by atoms with Crippen molar-refractivity contribution in [1.29, 1.82) is 0 Å². The quantitative estimate of drug-likeness (QED) is 0.649. The fourth-order valence-electron chi connectivity index (χ4n) is 2.54. The molecule has 1 heterocycles. The van der Waals surface area contributed by atoms with E-state index in [4.69, 9.17) is 14.4 Å². The number of hydrogen-bond acceptors (Lipinski definition) is 6. The highest BCUT2D eigenvalue weighted by Gasteiger charge is 2.19. The molecule has 1 aliphatic rings. The first-order chi connectivity index (χ1) is 12.3. The van der Waals surface area contributed by atoms with Gasteiger partial charge in [-0.15, -0.1) is 0 Å². The van der Waals surface area contributed by atoms with Crippen molar-refractivity contribution in [2.24, 2.45) is 10.1 Å². The molecule has 0 aliphatic carbocycles. The highest BCUT2D eigenvalue weighted by atomic mass is 16.6. The van der Waals surface area contributed by atoms with Crippen molar-refractivity contribution in [2.45, 2.75) is 13.5 Å². The van der Waals surface area contributed by atoms with Crippen molar-refractivity contribution in [1.82, 2.24) is 5.48 Å². The van der Waals surface area contributed by atoms with E-state index in [2.05, 4.69) is 15.6 Å². The highest BCUT2D eigenvalue weighted by molar-refractivity contribution is 6.47. The summed E-state index contributed by atoms with van der Waals surface area (Å²) in [5.74, 6) is 1.41. The van der Waals surface area contributed by atoms with Gasteiger partial charge in [0, 0.05) is 5.56 Å². The Balaban J connectivity index is 1.87. The minimum absolute atomic E-state index is 0.415. The fourth-order valence-corrected chi connectivity index (χ4v) is 2.54. The van der Waals surface area contributed by atoms with Crippen LogP contribution >= 0.6 is 0 Å². The molecule has 0 bridgehead atoms. The summed E-state index contributed by atoms with van der Waals surface area (Å²) in [6.45, 7) is 3.55. The van der Waals surface area contributed by atoms with E-state index in [1.165, 1.54) is 7.11 Å². The predicted molar refractivity (Wildman–Crippen MR) is 96.9 cm³/mol. The third-order valence-electron chi connectivity index (χ3n) is 3.79. The normalized spacial score (nSPS) is 14.5. The molecule has 0 atom stereocenters. The number of para-hydroxylation sites is 1. The van der Waals surface area contributed by atoms with Crippen LogP contribution < -0.4 is 10.2 Å². The Morgan fingerprint density at radius 2 is 2.00 bits per heavy atom. The molecule has 0 spiro atoms. The van der Waals surface area contributed by atoms with E-state index < -0.39 is 0 Å². The van der Waals surface area contributed by atoms with Crippen LogP contribution in [-0.4, -0.2) is 31.8 Å². The number of nitrogens with one attached hydrogen (secondary N) is 1. The zero-order chi connectivity index (χ0) is 17.5. The Kier molecular flexibility index (Phi) is 5.64. The molecule has 0 fully saturated rings. The Bertz CT molecular complexity index is 787. The first-order valence-electron chi connectivity index (χ1n) is 8.10. The summed E-state index contributed by atoms with van der Waals surface area (Å²) in [6, 6.07) is 15.8. The number of amidine groups is 1. The lowest BCUT2D eigenvalue weighted by atomic mass is 10.0. The Labute approximate surface area is 147 Å². The highest BCUT2D eigenvalue weighted by Crippen LogP contribution is 2.20. The fraction of sp³-hybridized carbons (Fsp3) is 0.263. The van der Waals surface area contributed by atoms with Crippen molar-refractivity contribution >= 4 is 11.5 Å². The van der Waals surface area contributed by atoms with Crippen LogP contribution in [0.15, 0.2) is 58.7 Å². The summed E-state index contributed by atoms with van der Waals surface area (Å²) in [5, 5.41) is 4.14. The smallest absolute Gasteiger partial charge is 0.175 e. The van der Waals surface area contributed by atoms with E-state index in [0.717, 1.165) is 22.4 Å². The Morgan fingerprint density at radius 3 is 2.76 bits per heavy atom. The number of aryl methyl sites for hydroxylation is 1. The van der Waals surface area contributed by atoms with Gasteiger partial charge in [0.15, 0.2) is 11.5 Å². The molecule has 3 rings (SSSR count). The van der Waals surface area contributed by atoms with E-state index in [0.29, 0.717) is 31.3 Å². The van der Waals surface area contributed by atoms with Gasteiger partial charge >= 0.3 is 0 Å². The minimum Gasteiger partial charge on any atom is -0.489 e. The number of oxime groups is 1. The molecule has 6 nitrogen and oxygen atoms in total. The molecular weight excluding hydrogens is 318 g/mol. The standard InChI is InChI=1S/C19H21N3O3/c1-14-7-3-6-10-17(14)24-13-15-8-4-5-9-16(15)18(21-23-2)19-20-11-12-25-22-19/h3-10H,11-13H2,1-2H3,(H,20,22)/b21-18+. The van der Waals surface area contributed by atoms with Crippen LogP contribution in [0.3, 0.4) is 0 Å². The number of ether oxygens (including phenoxy) is 1. The summed E-state index contributed by atoms with van der Waals surface area (Å²) in [6.07, 6.45) is 0. The van der Waals surface area contributed by atoms with Crippen LogP contribution in [0, 0.1) is 6.92 Å². The summed E-state index contributed by atoms with van der Waals surface area (Å²) in [4.78, 5) is 14.7. The molecule has 6 heteroatoms. The van der Waals surface area contributed by atoms with Crippen molar-refractivity contribution in [2.75, 3.05) is 20.3 Å². The number of hydrogen-bond donors (Lipinski definition) is 1. The molecule has 0 radical (unpaired) electrons. The summed E-state index contributed by atoms with van der Waals surface area (Å²) >= 11 is 0. The first-order valence-corrected chi connectivity index (χ1v) is 8.10. The molecule has 2 aromatic carbocycles. The second-order valence-electron chi connectivity index (χ2n) is 5.51. The summed E-state index contributed by atoms with van der Waals surface area (Å²) in [7, 11) is 1.51. The van der Waals surface area contributed by atoms with Gasteiger partial charge in [0.25, 0.3) is 0 Å². The summed E-state index contributed by atoms with van der Waals surface area (Å²) < 4.78 is 5.99. The SMILES string of the molecule is CO/N=C(/C1=NCCON1)c1ccccc1COc1ccccc1C. The predicted octanol–water partition coefficient (Wildman–Crippen LogP) is 2.86. The largest absolute Gasteiger partial charge is 0.489 e. The van der Waals surface area contributed by atoms with Crippen molar-refractivity contribution in [3.05, 3.63) is 65.2 Å². The van der Waals surface area contributed by atoms with Gasteiger partial charge in [0.1, 0.15) is 19.5 Å². The first kappa shape index (κ1) is 17.0. The van der Waals surface area contributed by atoms with Gasteiger partial charge in [0.2, 0.25) is 0 Å². The zero-order valence-electron chi connectivity index (χ0n) is 14.4. The lowest BCUT2D eigenvalue weighted by Crippen LogP contribution is -2.37. The molecule has 0 amide bonds. The molecule has 0 aromatic heterocycles. The number of benzene rings is 2.